The highest BCUT2D eigenvalue weighted by molar-refractivity contribution is 6.04. The van der Waals surface area contributed by atoms with Crippen molar-refractivity contribution in [1.29, 1.82) is 0 Å². The first-order chi connectivity index (χ1) is 9.19. The number of hydrogen-bond donors (Lipinski definition) is 2. The molecule has 0 unspecified atom stereocenters. The van der Waals surface area contributed by atoms with Crippen molar-refractivity contribution in [2.75, 3.05) is 12.4 Å². The molecule has 4 heteroatoms. The van der Waals surface area contributed by atoms with Gasteiger partial charge in [-0.2, -0.15) is 0 Å². The molecule has 0 fully saturated rings. The van der Waals surface area contributed by atoms with E-state index in [1.54, 1.807) is 12.1 Å². The van der Waals surface area contributed by atoms with Crippen molar-refractivity contribution >= 4 is 11.6 Å². The Morgan fingerprint density at radius 1 is 1.16 bits per heavy atom. The highest BCUT2D eigenvalue weighted by Crippen LogP contribution is 2.12. The summed E-state index contributed by atoms with van der Waals surface area (Å²) in [5.41, 5.74) is 2.07. The van der Waals surface area contributed by atoms with Crippen LogP contribution in [0.15, 0.2) is 48.5 Å². The number of amides is 1. The number of hydrogen-bond acceptors (Lipinski definition) is 2. The van der Waals surface area contributed by atoms with Gasteiger partial charge in [0.15, 0.2) is 0 Å². The van der Waals surface area contributed by atoms with Crippen LogP contribution in [0.2, 0.25) is 0 Å². The number of carbonyl (C=O) groups is 1. The fraction of sp³-hybridized carbons (Fsp3) is 0.133. The molecule has 0 heterocycles. The van der Waals surface area contributed by atoms with Crippen LogP contribution in [0.3, 0.4) is 0 Å². The van der Waals surface area contributed by atoms with Crippen molar-refractivity contribution in [3.05, 3.63) is 65.5 Å². The van der Waals surface area contributed by atoms with E-state index in [1.807, 2.05) is 25.2 Å². The second-order valence-corrected chi connectivity index (χ2v) is 4.20. The highest BCUT2D eigenvalue weighted by Gasteiger charge is 2.07. The highest BCUT2D eigenvalue weighted by atomic mass is 19.1. The van der Waals surface area contributed by atoms with Crippen molar-refractivity contribution in [1.82, 2.24) is 5.32 Å². The maximum atomic E-state index is 13.0. The molecule has 0 saturated carbocycles. The van der Waals surface area contributed by atoms with E-state index < -0.39 is 5.82 Å². The molecule has 0 aliphatic rings. The molecule has 2 rings (SSSR count). The van der Waals surface area contributed by atoms with Crippen LogP contribution >= 0.6 is 0 Å². The van der Waals surface area contributed by atoms with Gasteiger partial charge >= 0.3 is 0 Å². The van der Waals surface area contributed by atoms with Crippen molar-refractivity contribution < 1.29 is 9.18 Å². The molecule has 1 amide bonds. The lowest BCUT2D eigenvalue weighted by Crippen LogP contribution is -2.12. The Bertz CT molecular complexity index is 584. The fourth-order valence-electron chi connectivity index (χ4n) is 1.80. The second-order valence-electron chi connectivity index (χ2n) is 4.20. The molecule has 19 heavy (non-hydrogen) atoms. The Morgan fingerprint density at radius 2 is 1.95 bits per heavy atom. The van der Waals surface area contributed by atoms with E-state index in [9.17, 15) is 9.18 Å². The number of halogens is 1. The van der Waals surface area contributed by atoms with Gasteiger partial charge < -0.3 is 10.6 Å². The lowest BCUT2D eigenvalue weighted by Gasteiger charge is -2.07. The molecule has 0 atom stereocenters. The van der Waals surface area contributed by atoms with E-state index in [1.165, 1.54) is 18.2 Å². The molecule has 0 spiro atoms. The summed E-state index contributed by atoms with van der Waals surface area (Å²) in [5.74, 6) is -0.738. The molecule has 2 aromatic carbocycles. The number of carbonyl (C=O) groups excluding carboxylic acids is 1. The molecule has 2 aromatic rings. The van der Waals surface area contributed by atoms with Crippen LogP contribution in [0.5, 0.6) is 0 Å². The Kier molecular flexibility index (Phi) is 4.26. The zero-order valence-corrected chi connectivity index (χ0v) is 10.6. The van der Waals surface area contributed by atoms with Crippen LogP contribution in [0, 0.1) is 5.82 Å². The van der Waals surface area contributed by atoms with E-state index in [2.05, 4.69) is 10.6 Å². The van der Waals surface area contributed by atoms with Gasteiger partial charge in [-0.05, 0) is 42.9 Å². The monoisotopic (exact) mass is 258 g/mol. The summed E-state index contributed by atoms with van der Waals surface area (Å²) in [7, 11) is 1.86. The maximum absolute atomic E-state index is 13.0. The Morgan fingerprint density at radius 3 is 2.68 bits per heavy atom. The zero-order chi connectivity index (χ0) is 13.7. The van der Waals surface area contributed by atoms with E-state index >= 15 is 0 Å². The third-order valence-electron chi connectivity index (χ3n) is 2.65. The van der Waals surface area contributed by atoms with Crippen LogP contribution in [-0.2, 0) is 6.54 Å². The quantitative estimate of drug-likeness (QED) is 0.885. The van der Waals surface area contributed by atoms with Crippen LogP contribution in [-0.4, -0.2) is 13.0 Å². The van der Waals surface area contributed by atoms with Gasteiger partial charge in [0, 0.05) is 17.8 Å². The summed E-state index contributed by atoms with van der Waals surface area (Å²) >= 11 is 0. The van der Waals surface area contributed by atoms with Gasteiger partial charge in [-0.1, -0.05) is 18.2 Å². The summed E-state index contributed by atoms with van der Waals surface area (Å²) in [6, 6.07) is 13.1. The van der Waals surface area contributed by atoms with Crippen LogP contribution < -0.4 is 10.6 Å². The SMILES string of the molecule is CNCc1cccc(NC(=O)c2cccc(F)c2)c1. The molecule has 0 aliphatic heterocycles. The molecule has 0 radical (unpaired) electrons. The topological polar surface area (TPSA) is 41.1 Å². The van der Waals surface area contributed by atoms with E-state index in [4.69, 9.17) is 0 Å². The minimum atomic E-state index is -0.420. The molecule has 0 aromatic heterocycles. The summed E-state index contributed by atoms with van der Waals surface area (Å²) in [6.07, 6.45) is 0. The minimum Gasteiger partial charge on any atom is -0.322 e. The largest absolute Gasteiger partial charge is 0.322 e. The van der Waals surface area contributed by atoms with Gasteiger partial charge in [-0.3, -0.25) is 4.79 Å². The first kappa shape index (κ1) is 13.2. The number of anilines is 1. The average Bonchev–Trinajstić information content (AvgIpc) is 2.39. The Hall–Kier alpha value is -2.20. The maximum Gasteiger partial charge on any atom is 0.255 e. The predicted molar refractivity (Wildman–Crippen MR) is 73.6 cm³/mol. The summed E-state index contributed by atoms with van der Waals surface area (Å²) in [5, 5.41) is 5.79. The third kappa shape index (κ3) is 3.63. The van der Waals surface area contributed by atoms with Crippen molar-refractivity contribution in [3.63, 3.8) is 0 Å². The Balaban J connectivity index is 2.12. The first-order valence-corrected chi connectivity index (χ1v) is 5.99. The number of benzene rings is 2. The summed E-state index contributed by atoms with van der Waals surface area (Å²) in [6.45, 7) is 0.726. The molecular formula is C15H15FN2O. The van der Waals surface area contributed by atoms with Gasteiger partial charge in [0.05, 0.1) is 0 Å². The van der Waals surface area contributed by atoms with Crippen LogP contribution in [0.1, 0.15) is 15.9 Å². The predicted octanol–water partition coefficient (Wildman–Crippen LogP) is 2.80. The number of nitrogens with one attached hydrogen (secondary N) is 2. The molecule has 2 N–H and O–H groups in total. The summed E-state index contributed by atoms with van der Waals surface area (Å²) in [4.78, 5) is 11.9. The normalized spacial score (nSPS) is 10.2. The lowest BCUT2D eigenvalue weighted by molar-refractivity contribution is 0.102. The summed E-state index contributed by atoms with van der Waals surface area (Å²) < 4.78 is 13.0. The van der Waals surface area contributed by atoms with E-state index in [0.717, 1.165) is 12.1 Å². The minimum absolute atomic E-state index is 0.305. The molecule has 0 bridgehead atoms. The first-order valence-electron chi connectivity index (χ1n) is 5.99. The van der Waals surface area contributed by atoms with Gasteiger partial charge in [-0.15, -0.1) is 0 Å². The Labute approximate surface area is 111 Å². The van der Waals surface area contributed by atoms with Crippen LogP contribution in [0.4, 0.5) is 10.1 Å². The molecule has 98 valence electrons. The fourth-order valence-corrected chi connectivity index (χ4v) is 1.80. The van der Waals surface area contributed by atoms with E-state index in [-0.39, 0.29) is 5.91 Å². The van der Waals surface area contributed by atoms with Crippen LogP contribution in [0.25, 0.3) is 0 Å². The molecule has 0 aliphatic carbocycles. The molecule has 0 saturated heterocycles. The van der Waals surface area contributed by atoms with Crippen molar-refractivity contribution in [3.8, 4) is 0 Å². The van der Waals surface area contributed by atoms with Crippen molar-refractivity contribution in [2.24, 2.45) is 0 Å². The zero-order valence-electron chi connectivity index (χ0n) is 10.6. The molecule has 3 nitrogen and oxygen atoms in total. The van der Waals surface area contributed by atoms with Gasteiger partial charge in [-0.25, -0.2) is 4.39 Å². The van der Waals surface area contributed by atoms with Gasteiger partial charge in [0.1, 0.15) is 5.82 Å². The average molecular weight is 258 g/mol. The van der Waals surface area contributed by atoms with Gasteiger partial charge in [0.25, 0.3) is 5.91 Å². The standard InChI is InChI=1S/C15H15FN2O/c1-17-10-11-4-2-7-14(8-11)18-15(19)12-5-3-6-13(16)9-12/h2-9,17H,10H2,1H3,(H,18,19). The van der Waals surface area contributed by atoms with E-state index in [0.29, 0.717) is 11.3 Å². The number of rotatable bonds is 4. The lowest BCUT2D eigenvalue weighted by atomic mass is 10.1. The smallest absolute Gasteiger partial charge is 0.255 e. The third-order valence-corrected chi connectivity index (χ3v) is 2.65. The molecular weight excluding hydrogens is 243 g/mol. The second kappa shape index (κ2) is 6.11. The van der Waals surface area contributed by atoms with Gasteiger partial charge in [0.2, 0.25) is 0 Å². The van der Waals surface area contributed by atoms with Crippen molar-refractivity contribution in [2.45, 2.75) is 6.54 Å².